The van der Waals surface area contributed by atoms with Gasteiger partial charge in [0.15, 0.2) is 11.5 Å². The summed E-state index contributed by atoms with van der Waals surface area (Å²) in [5.74, 6) is -0.267. The van der Waals surface area contributed by atoms with Gasteiger partial charge in [-0.05, 0) is 78.7 Å². The molecule has 0 radical (unpaired) electrons. The fourth-order valence-electron chi connectivity index (χ4n) is 3.00. The quantitative estimate of drug-likeness (QED) is 0.168. The number of methoxy groups -OCH3 is 1. The van der Waals surface area contributed by atoms with E-state index in [1.165, 1.54) is 13.3 Å². The molecule has 0 atom stereocenters. The van der Waals surface area contributed by atoms with Crippen LogP contribution in [0.4, 0.5) is 0 Å². The summed E-state index contributed by atoms with van der Waals surface area (Å²) in [7, 11) is 1.44. The maximum absolute atomic E-state index is 12.3. The van der Waals surface area contributed by atoms with Gasteiger partial charge in [0.2, 0.25) is 0 Å². The van der Waals surface area contributed by atoms with Crippen molar-refractivity contribution in [2.24, 2.45) is 5.10 Å². The van der Waals surface area contributed by atoms with E-state index in [0.717, 1.165) is 6.42 Å². The predicted molar refractivity (Wildman–Crippen MR) is 140 cm³/mol. The Balaban J connectivity index is 1.49. The molecule has 0 saturated carbocycles. The van der Waals surface area contributed by atoms with Crippen LogP contribution in [-0.2, 0) is 4.79 Å². The molecule has 0 bridgehead atoms. The van der Waals surface area contributed by atoms with Crippen LogP contribution < -0.4 is 25.0 Å². The molecule has 0 unspecified atom stereocenters. The molecule has 2 N–H and O–H groups in total. The Morgan fingerprint density at radius 3 is 2.32 bits per heavy atom. The van der Waals surface area contributed by atoms with Crippen molar-refractivity contribution in [2.75, 3.05) is 20.3 Å². The van der Waals surface area contributed by atoms with E-state index >= 15 is 0 Å². The number of carbonyl (C=O) groups excluding carboxylic acids is 3. The van der Waals surface area contributed by atoms with E-state index in [0.29, 0.717) is 39.8 Å². The molecule has 0 spiro atoms. The van der Waals surface area contributed by atoms with E-state index < -0.39 is 17.8 Å². The van der Waals surface area contributed by atoms with E-state index in [9.17, 15) is 14.4 Å². The minimum absolute atomic E-state index is 0.219. The third-order valence-corrected chi connectivity index (χ3v) is 5.12. The average molecular weight is 524 g/mol. The second-order valence-electron chi connectivity index (χ2n) is 7.66. The summed E-state index contributed by atoms with van der Waals surface area (Å²) in [4.78, 5) is 36.6. The van der Waals surface area contributed by atoms with Gasteiger partial charge in [-0.2, -0.15) is 5.10 Å². The topological polar surface area (TPSA) is 115 Å². The molecule has 9 nitrogen and oxygen atoms in total. The van der Waals surface area contributed by atoms with Gasteiger partial charge in [0.05, 0.1) is 32.0 Å². The number of benzene rings is 3. The van der Waals surface area contributed by atoms with E-state index in [4.69, 9.17) is 25.8 Å². The lowest BCUT2D eigenvalue weighted by Crippen LogP contribution is -2.34. The number of amides is 2. The van der Waals surface area contributed by atoms with Crippen molar-refractivity contribution in [1.29, 1.82) is 0 Å². The highest BCUT2D eigenvalue weighted by molar-refractivity contribution is 6.30. The maximum Gasteiger partial charge on any atom is 0.343 e. The number of hydrogen-bond acceptors (Lipinski definition) is 7. The average Bonchev–Trinajstić information content (AvgIpc) is 2.91. The van der Waals surface area contributed by atoms with Crippen molar-refractivity contribution in [3.05, 3.63) is 88.4 Å². The number of nitrogens with one attached hydrogen (secondary N) is 2. The van der Waals surface area contributed by atoms with Crippen molar-refractivity contribution < 1.29 is 28.6 Å². The zero-order chi connectivity index (χ0) is 26.6. The molecular weight excluding hydrogens is 498 g/mol. The van der Waals surface area contributed by atoms with Gasteiger partial charge in [-0.1, -0.05) is 18.5 Å². The molecule has 0 heterocycles. The maximum atomic E-state index is 12.3. The Labute approximate surface area is 219 Å². The fourth-order valence-corrected chi connectivity index (χ4v) is 3.12. The molecule has 0 aliphatic heterocycles. The van der Waals surface area contributed by atoms with Gasteiger partial charge in [-0.25, -0.2) is 10.2 Å². The van der Waals surface area contributed by atoms with Gasteiger partial charge in [0, 0.05) is 10.6 Å². The van der Waals surface area contributed by atoms with Crippen LogP contribution >= 0.6 is 11.6 Å². The molecule has 192 valence electrons. The number of ether oxygens (including phenoxy) is 3. The Kier molecular flexibility index (Phi) is 10.0. The lowest BCUT2D eigenvalue weighted by Gasteiger charge is -2.10. The number of halogens is 1. The molecule has 3 aromatic rings. The molecule has 3 aromatic carbocycles. The number of carbonyl (C=O) groups is 3. The zero-order valence-electron chi connectivity index (χ0n) is 20.3. The van der Waals surface area contributed by atoms with Crippen LogP contribution in [0.25, 0.3) is 0 Å². The second-order valence-corrected chi connectivity index (χ2v) is 8.09. The second kappa shape index (κ2) is 13.6. The van der Waals surface area contributed by atoms with Gasteiger partial charge in [-0.3, -0.25) is 9.59 Å². The largest absolute Gasteiger partial charge is 0.494 e. The third-order valence-electron chi connectivity index (χ3n) is 4.87. The van der Waals surface area contributed by atoms with Gasteiger partial charge in [0.1, 0.15) is 5.75 Å². The molecule has 2 amide bonds. The monoisotopic (exact) mass is 523 g/mol. The normalized spacial score (nSPS) is 10.6. The predicted octanol–water partition coefficient (Wildman–Crippen LogP) is 4.24. The molecule has 3 rings (SSSR count). The molecule has 0 aliphatic rings. The third kappa shape index (κ3) is 8.36. The summed E-state index contributed by atoms with van der Waals surface area (Å²) < 4.78 is 16.2. The van der Waals surface area contributed by atoms with Gasteiger partial charge >= 0.3 is 5.97 Å². The van der Waals surface area contributed by atoms with E-state index in [1.54, 1.807) is 66.7 Å². The summed E-state index contributed by atoms with van der Waals surface area (Å²) in [6.45, 7) is 2.35. The fraction of sp³-hybridized carbons (Fsp3) is 0.185. The summed E-state index contributed by atoms with van der Waals surface area (Å²) >= 11 is 5.84. The van der Waals surface area contributed by atoms with Crippen molar-refractivity contribution in [2.45, 2.75) is 13.3 Å². The highest BCUT2D eigenvalue weighted by Gasteiger charge is 2.13. The summed E-state index contributed by atoms with van der Waals surface area (Å²) in [5, 5.41) is 6.92. The van der Waals surface area contributed by atoms with Crippen molar-refractivity contribution >= 4 is 35.6 Å². The van der Waals surface area contributed by atoms with Crippen LogP contribution in [-0.4, -0.2) is 44.3 Å². The Morgan fingerprint density at radius 2 is 1.65 bits per heavy atom. The van der Waals surface area contributed by atoms with Crippen LogP contribution in [0.1, 0.15) is 39.6 Å². The first-order valence-corrected chi connectivity index (χ1v) is 11.8. The zero-order valence-corrected chi connectivity index (χ0v) is 21.1. The first-order valence-electron chi connectivity index (χ1n) is 11.4. The van der Waals surface area contributed by atoms with E-state index in [1.807, 2.05) is 6.92 Å². The molecular formula is C27H26ClN3O6. The van der Waals surface area contributed by atoms with Crippen LogP contribution in [0.15, 0.2) is 71.8 Å². The summed E-state index contributed by atoms with van der Waals surface area (Å²) in [5.41, 5.74) is 3.67. The number of nitrogens with zero attached hydrogens (tertiary/aromatic N) is 1. The lowest BCUT2D eigenvalue weighted by atomic mass is 10.2. The highest BCUT2D eigenvalue weighted by Crippen LogP contribution is 2.28. The van der Waals surface area contributed by atoms with Gasteiger partial charge in [-0.15, -0.1) is 0 Å². The van der Waals surface area contributed by atoms with Gasteiger partial charge < -0.3 is 19.5 Å². The minimum atomic E-state index is -0.563. The highest BCUT2D eigenvalue weighted by atomic mass is 35.5. The SMILES string of the molecule is CCCOc1ccc(C(=O)NCC(=O)N/N=C\c2ccc(OC(=O)c3ccc(Cl)cc3)c(OC)c2)cc1. The van der Waals surface area contributed by atoms with E-state index in [-0.39, 0.29) is 12.3 Å². The number of hydrogen-bond donors (Lipinski definition) is 2. The molecule has 0 aliphatic carbocycles. The van der Waals surface area contributed by atoms with Crippen molar-refractivity contribution in [1.82, 2.24) is 10.7 Å². The van der Waals surface area contributed by atoms with Crippen LogP contribution in [0.2, 0.25) is 5.02 Å². The summed E-state index contributed by atoms with van der Waals surface area (Å²) in [6, 6.07) is 17.7. The number of hydrazone groups is 1. The molecule has 0 saturated heterocycles. The summed E-state index contributed by atoms with van der Waals surface area (Å²) in [6.07, 6.45) is 2.28. The van der Waals surface area contributed by atoms with E-state index in [2.05, 4.69) is 15.8 Å². The smallest absolute Gasteiger partial charge is 0.343 e. The molecule has 37 heavy (non-hydrogen) atoms. The first-order chi connectivity index (χ1) is 17.9. The molecule has 0 fully saturated rings. The Hall–Kier alpha value is -4.37. The first kappa shape index (κ1) is 27.2. The Bertz CT molecular complexity index is 1260. The van der Waals surface area contributed by atoms with Gasteiger partial charge in [0.25, 0.3) is 11.8 Å². The standard InChI is InChI=1S/C27H26ClN3O6/c1-3-14-36-22-11-7-19(8-12-22)26(33)29-17-25(32)31-30-16-18-4-13-23(24(15-18)35-2)37-27(34)20-5-9-21(28)10-6-20/h4-13,15-16H,3,14,17H2,1-2H3,(H,29,33)(H,31,32)/b30-16-. The Morgan fingerprint density at radius 1 is 0.946 bits per heavy atom. The molecule has 0 aromatic heterocycles. The number of esters is 1. The minimum Gasteiger partial charge on any atom is -0.494 e. The van der Waals surface area contributed by atoms with Crippen LogP contribution in [0.5, 0.6) is 17.2 Å². The lowest BCUT2D eigenvalue weighted by molar-refractivity contribution is -0.120. The van der Waals surface area contributed by atoms with Crippen molar-refractivity contribution in [3.8, 4) is 17.2 Å². The van der Waals surface area contributed by atoms with Crippen molar-refractivity contribution in [3.63, 3.8) is 0 Å². The number of rotatable bonds is 11. The van der Waals surface area contributed by atoms with Crippen LogP contribution in [0.3, 0.4) is 0 Å². The molecule has 10 heteroatoms. The van der Waals surface area contributed by atoms with Crippen LogP contribution in [0, 0.1) is 0 Å².